The topological polar surface area (TPSA) is 23.6 Å². The molecular weight excluding hydrogens is 256 g/mol. The molecule has 4 atom stereocenters. The van der Waals surface area contributed by atoms with E-state index < -0.39 is 0 Å². The van der Waals surface area contributed by atoms with Crippen molar-refractivity contribution in [2.75, 3.05) is 26.2 Å². The third-order valence-corrected chi connectivity index (χ3v) is 5.91. The van der Waals surface area contributed by atoms with Crippen LogP contribution >= 0.6 is 11.3 Å². The maximum atomic E-state index is 12.7. The van der Waals surface area contributed by atoms with Crippen molar-refractivity contribution >= 4 is 17.2 Å². The number of fused-ring (bicyclic) bond motifs is 1. The first-order valence-electron chi connectivity index (χ1n) is 7.27. The molecule has 5 heterocycles. The summed E-state index contributed by atoms with van der Waals surface area (Å²) < 4.78 is 0. The number of aryl methyl sites for hydroxylation is 1. The second-order valence-corrected chi connectivity index (χ2v) is 7.43. The normalized spacial score (nSPS) is 36.6. The standard InChI is InChI=1S/C15H20N2OS/c1-10-2-14(19-9-10)15(18)17-7-12-3-11-4-13(17)8-16(5-11)6-12/h2,9,11-13H,3-8H2,1H3. The fraction of sp³-hybridized carbons (Fsp3) is 0.667. The molecule has 0 spiro atoms. The predicted octanol–water partition coefficient (Wildman–Crippen LogP) is 2.22. The quantitative estimate of drug-likeness (QED) is 0.785. The highest BCUT2D eigenvalue weighted by atomic mass is 32.1. The molecule has 4 saturated heterocycles. The fourth-order valence-corrected chi connectivity index (χ4v) is 5.07. The van der Waals surface area contributed by atoms with Gasteiger partial charge in [0.05, 0.1) is 4.88 Å². The molecule has 4 heteroatoms. The summed E-state index contributed by atoms with van der Waals surface area (Å²) >= 11 is 1.60. The lowest BCUT2D eigenvalue weighted by Crippen LogP contribution is -2.50. The van der Waals surface area contributed by atoms with Gasteiger partial charge in [-0.3, -0.25) is 4.79 Å². The summed E-state index contributed by atoms with van der Waals surface area (Å²) in [5.74, 6) is 1.81. The smallest absolute Gasteiger partial charge is 0.264 e. The molecule has 0 N–H and O–H groups in total. The zero-order chi connectivity index (χ0) is 13.0. The summed E-state index contributed by atoms with van der Waals surface area (Å²) in [4.78, 5) is 18.4. The van der Waals surface area contributed by atoms with Gasteiger partial charge in [0.25, 0.3) is 5.91 Å². The van der Waals surface area contributed by atoms with Crippen molar-refractivity contribution in [2.24, 2.45) is 11.8 Å². The zero-order valence-electron chi connectivity index (χ0n) is 11.3. The molecule has 0 radical (unpaired) electrons. The second kappa shape index (κ2) is 4.32. The number of amides is 1. The van der Waals surface area contributed by atoms with Gasteiger partial charge in [0.2, 0.25) is 0 Å². The van der Waals surface area contributed by atoms with E-state index in [1.165, 1.54) is 31.5 Å². The number of hydrogen-bond donors (Lipinski definition) is 0. The van der Waals surface area contributed by atoms with E-state index >= 15 is 0 Å². The maximum Gasteiger partial charge on any atom is 0.264 e. The molecule has 1 aromatic rings. The highest BCUT2D eigenvalue weighted by Crippen LogP contribution is 2.37. The van der Waals surface area contributed by atoms with Crippen LogP contribution in [-0.4, -0.2) is 47.9 Å². The Bertz CT molecular complexity index is 498. The molecule has 3 nitrogen and oxygen atoms in total. The number of piperidine rings is 2. The zero-order valence-corrected chi connectivity index (χ0v) is 12.2. The Morgan fingerprint density at radius 2 is 2.05 bits per heavy atom. The van der Waals surface area contributed by atoms with Gasteiger partial charge >= 0.3 is 0 Å². The van der Waals surface area contributed by atoms with Crippen LogP contribution in [-0.2, 0) is 0 Å². The molecule has 1 aromatic heterocycles. The van der Waals surface area contributed by atoms with Crippen molar-refractivity contribution in [2.45, 2.75) is 25.8 Å². The first-order valence-corrected chi connectivity index (χ1v) is 8.15. The SMILES string of the molecule is Cc1csc(C(=O)N2CC3CC4CC2CN(C4)C3)c1. The molecular formula is C15H20N2OS. The van der Waals surface area contributed by atoms with Crippen LogP contribution in [0.15, 0.2) is 11.4 Å². The van der Waals surface area contributed by atoms with Gasteiger partial charge in [-0.2, -0.15) is 0 Å². The minimum atomic E-state index is 0.275. The molecule has 0 aromatic carbocycles. The van der Waals surface area contributed by atoms with Crippen molar-refractivity contribution in [1.29, 1.82) is 0 Å². The van der Waals surface area contributed by atoms with Crippen LogP contribution in [0.2, 0.25) is 0 Å². The third-order valence-electron chi connectivity index (χ3n) is 4.87. The van der Waals surface area contributed by atoms with E-state index in [4.69, 9.17) is 0 Å². The minimum absolute atomic E-state index is 0.275. The molecule has 102 valence electrons. The van der Waals surface area contributed by atoms with Crippen LogP contribution < -0.4 is 0 Å². The van der Waals surface area contributed by atoms with E-state index in [1.807, 2.05) is 6.07 Å². The van der Waals surface area contributed by atoms with Gasteiger partial charge < -0.3 is 9.80 Å². The molecule has 0 saturated carbocycles. The molecule has 5 rings (SSSR count). The lowest BCUT2D eigenvalue weighted by molar-refractivity contribution is 0.0577. The first-order chi connectivity index (χ1) is 9.19. The Labute approximate surface area is 118 Å². The molecule has 4 bridgehead atoms. The molecule has 4 fully saturated rings. The maximum absolute atomic E-state index is 12.7. The van der Waals surface area contributed by atoms with E-state index in [2.05, 4.69) is 22.1 Å². The summed E-state index contributed by atoms with van der Waals surface area (Å²) in [6, 6.07) is 2.50. The summed E-state index contributed by atoms with van der Waals surface area (Å²) in [5, 5.41) is 2.08. The number of hydrogen-bond acceptors (Lipinski definition) is 3. The summed E-state index contributed by atoms with van der Waals surface area (Å²) in [7, 11) is 0. The number of carbonyl (C=O) groups excluding carboxylic acids is 1. The Morgan fingerprint density at radius 3 is 2.79 bits per heavy atom. The lowest BCUT2D eigenvalue weighted by Gasteiger charge is -2.41. The molecule has 4 aliphatic heterocycles. The highest BCUT2D eigenvalue weighted by molar-refractivity contribution is 7.12. The van der Waals surface area contributed by atoms with E-state index in [1.54, 1.807) is 11.3 Å². The molecule has 4 unspecified atom stereocenters. The number of rotatable bonds is 1. The van der Waals surface area contributed by atoms with Crippen molar-refractivity contribution in [3.63, 3.8) is 0 Å². The molecule has 1 amide bonds. The van der Waals surface area contributed by atoms with Gasteiger partial charge in [-0.05, 0) is 48.6 Å². The summed E-state index contributed by atoms with van der Waals surface area (Å²) in [6.07, 6.45) is 2.56. The van der Waals surface area contributed by atoms with Crippen LogP contribution in [0.4, 0.5) is 0 Å². The number of carbonyl (C=O) groups is 1. The molecule has 0 aliphatic carbocycles. The van der Waals surface area contributed by atoms with Crippen LogP contribution in [0.25, 0.3) is 0 Å². The Hall–Kier alpha value is -0.870. The summed E-state index contributed by atoms with van der Waals surface area (Å²) in [6.45, 7) is 6.62. The van der Waals surface area contributed by atoms with Crippen molar-refractivity contribution in [3.05, 3.63) is 21.9 Å². The van der Waals surface area contributed by atoms with E-state index in [0.717, 1.165) is 23.9 Å². The van der Waals surface area contributed by atoms with Gasteiger partial charge in [0.1, 0.15) is 0 Å². The largest absolute Gasteiger partial charge is 0.333 e. The van der Waals surface area contributed by atoms with Crippen LogP contribution in [0.1, 0.15) is 28.1 Å². The Balaban J connectivity index is 1.62. The van der Waals surface area contributed by atoms with Crippen molar-refractivity contribution < 1.29 is 4.79 Å². The fourth-order valence-electron chi connectivity index (χ4n) is 4.22. The van der Waals surface area contributed by atoms with Gasteiger partial charge in [-0.15, -0.1) is 11.3 Å². The van der Waals surface area contributed by atoms with Gasteiger partial charge in [-0.1, -0.05) is 0 Å². The molecule has 19 heavy (non-hydrogen) atoms. The highest BCUT2D eigenvalue weighted by Gasteiger charge is 2.43. The van der Waals surface area contributed by atoms with Crippen molar-refractivity contribution in [1.82, 2.24) is 9.80 Å². The van der Waals surface area contributed by atoms with Crippen LogP contribution in [0.5, 0.6) is 0 Å². The average Bonchev–Trinajstić information content (AvgIpc) is 2.71. The summed E-state index contributed by atoms with van der Waals surface area (Å²) in [5.41, 5.74) is 1.21. The minimum Gasteiger partial charge on any atom is -0.333 e. The third kappa shape index (κ3) is 2.01. The lowest BCUT2D eigenvalue weighted by atomic mass is 9.84. The van der Waals surface area contributed by atoms with E-state index in [0.29, 0.717) is 12.0 Å². The second-order valence-electron chi connectivity index (χ2n) is 6.52. The van der Waals surface area contributed by atoms with E-state index in [9.17, 15) is 4.79 Å². The number of nitrogens with zero attached hydrogens (tertiary/aromatic N) is 2. The Kier molecular flexibility index (Phi) is 2.71. The van der Waals surface area contributed by atoms with E-state index in [-0.39, 0.29) is 5.91 Å². The monoisotopic (exact) mass is 276 g/mol. The molecule has 4 aliphatic rings. The van der Waals surface area contributed by atoms with Gasteiger partial charge in [0.15, 0.2) is 0 Å². The van der Waals surface area contributed by atoms with Crippen molar-refractivity contribution in [3.8, 4) is 0 Å². The van der Waals surface area contributed by atoms with Gasteiger partial charge in [-0.25, -0.2) is 0 Å². The average molecular weight is 276 g/mol. The van der Waals surface area contributed by atoms with Crippen LogP contribution in [0, 0.1) is 18.8 Å². The number of thiophene rings is 1. The van der Waals surface area contributed by atoms with Gasteiger partial charge in [0, 0.05) is 32.2 Å². The van der Waals surface area contributed by atoms with Crippen LogP contribution in [0.3, 0.4) is 0 Å². The Morgan fingerprint density at radius 1 is 1.21 bits per heavy atom. The first kappa shape index (κ1) is 11.9. The predicted molar refractivity (Wildman–Crippen MR) is 76.5 cm³/mol.